The Morgan fingerprint density at radius 3 is 2.25 bits per heavy atom. The molecule has 158 valence electrons. The van der Waals surface area contributed by atoms with Gasteiger partial charge in [-0.1, -0.05) is 0 Å². The molecule has 0 N–H and O–H groups in total. The van der Waals surface area contributed by atoms with Gasteiger partial charge in [0, 0.05) is 31.5 Å². The van der Waals surface area contributed by atoms with E-state index < -0.39 is 33.4 Å². The number of carbonyl (C=O) groups excluding carboxylic acids is 2. The second-order valence-electron chi connectivity index (χ2n) is 6.21. The summed E-state index contributed by atoms with van der Waals surface area (Å²) >= 11 is 0. The number of ether oxygens (including phenoxy) is 2. The Labute approximate surface area is 167 Å². The van der Waals surface area contributed by atoms with E-state index in [1.54, 1.807) is 14.0 Å². The molecule has 0 aliphatic heterocycles. The minimum absolute atomic E-state index is 0.112. The number of anilines is 2. The van der Waals surface area contributed by atoms with Crippen LogP contribution in [0.25, 0.3) is 0 Å². The van der Waals surface area contributed by atoms with Gasteiger partial charge in [0.1, 0.15) is 12.4 Å². The fourth-order valence-corrected chi connectivity index (χ4v) is 3.63. The standard InChI is InChI=1S/C19H30N2O6S/c1-6-21(7-2)16-9-10-17(15(4)13-16)20(5)19(23)27-11-12-28(24,25)14-18(22)26-8-3/h9-10,13H,6-8,11-12,14H2,1-5H3. The van der Waals surface area contributed by atoms with Crippen LogP contribution in [0.2, 0.25) is 0 Å². The van der Waals surface area contributed by atoms with Gasteiger partial charge >= 0.3 is 12.1 Å². The molecule has 0 saturated heterocycles. The Morgan fingerprint density at radius 2 is 1.71 bits per heavy atom. The first kappa shape index (κ1) is 23.7. The highest BCUT2D eigenvalue weighted by molar-refractivity contribution is 7.92. The van der Waals surface area contributed by atoms with Crippen molar-refractivity contribution in [3.8, 4) is 0 Å². The number of sulfone groups is 1. The van der Waals surface area contributed by atoms with Crippen molar-refractivity contribution < 1.29 is 27.5 Å². The van der Waals surface area contributed by atoms with E-state index in [1.807, 2.05) is 25.1 Å². The summed E-state index contributed by atoms with van der Waals surface area (Å²) in [5.74, 6) is -1.97. The maximum Gasteiger partial charge on any atom is 0.414 e. The lowest BCUT2D eigenvalue weighted by Crippen LogP contribution is -2.30. The van der Waals surface area contributed by atoms with Gasteiger partial charge in [0.05, 0.1) is 12.4 Å². The molecule has 0 saturated carbocycles. The number of nitrogens with zero attached hydrogens (tertiary/aromatic N) is 2. The Morgan fingerprint density at radius 1 is 1.07 bits per heavy atom. The van der Waals surface area contributed by atoms with E-state index in [4.69, 9.17) is 4.74 Å². The molecule has 0 unspecified atom stereocenters. The monoisotopic (exact) mass is 414 g/mol. The summed E-state index contributed by atoms with van der Waals surface area (Å²) in [4.78, 5) is 27.1. The predicted octanol–water partition coefficient (Wildman–Crippen LogP) is 2.39. The van der Waals surface area contributed by atoms with Gasteiger partial charge in [-0.2, -0.15) is 0 Å². The van der Waals surface area contributed by atoms with Gasteiger partial charge in [0.2, 0.25) is 0 Å². The predicted molar refractivity (Wildman–Crippen MR) is 110 cm³/mol. The number of carbonyl (C=O) groups is 2. The largest absolute Gasteiger partial charge is 0.465 e. The van der Waals surface area contributed by atoms with Crippen LogP contribution in [0, 0.1) is 6.92 Å². The molecule has 0 aliphatic carbocycles. The zero-order chi connectivity index (χ0) is 21.3. The van der Waals surface area contributed by atoms with Crippen molar-refractivity contribution in [2.24, 2.45) is 0 Å². The molecule has 1 aromatic carbocycles. The van der Waals surface area contributed by atoms with Gasteiger partial charge < -0.3 is 14.4 Å². The van der Waals surface area contributed by atoms with Gasteiger partial charge in [0.15, 0.2) is 9.84 Å². The third kappa shape index (κ3) is 7.03. The summed E-state index contributed by atoms with van der Waals surface area (Å²) in [7, 11) is -2.13. The normalized spacial score (nSPS) is 11.0. The van der Waals surface area contributed by atoms with E-state index in [2.05, 4.69) is 23.5 Å². The summed E-state index contributed by atoms with van der Waals surface area (Å²) in [5, 5.41) is 0. The molecule has 1 amide bonds. The van der Waals surface area contributed by atoms with Crippen LogP contribution < -0.4 is 9.80 Å². The lowest BCUT2D eigenvalue weighted by Gasteiger charge is -2.24. The average molecular weight is 415 g/mol. The molecule has 9 heteroatoms. The number of esters is 1. The summed E-state index contributed by atoms with van der Waals surface area (Å²) < 4.78 is 33.4. The van der Waals surface area contributed by atoms with Crippen LogP contribution >= 0.6 is 0 Å². The quantitative estimate of drug-likeness (QED) is 0.543. The molecule has 0 heterocycles. The lowest BCUT2D eigenvalue weighted by molar-refractivity contribution is -0.139. The van der Waals surface area contributed by atoms with Gasteiger partial charge in [-0.15, -0.1) is 0 Å². The zero-order valence-electron chi connectivity index (χ0n) is 17.2. The van der Waals surface area contributed by atoms with Crippen molar-refractivity contribution >= 4 is 33.3 Å². The summed E-state index contributed by atoms with van der Waals surface area (Å²) in [6, 6.07) is 5.76. The Balaban J connectivity index is 2.67. The number of benzene rings is 1. The first-order valence-corrected chi connectivity index (χ1v) is 11.1. The topological polar surface area (TPSA) is 93.2 Å². The number of rotatable bonds is 10. The molecule has 0 aromatic heterocycles. The SMILES string of the molecule is CCOC(=O)CS(=O)(=O)CCOC(=O)N(C)c1ccc(N(CC)CC)cc1C. The van der Waals surface area contributed by atoms with Crippen molar-refractivity contribution in [1.29, 1.82) is 0 Å². The zero-order valence-corrected chi connectivity index (χ0v) is 18.0. The lowest BCUT2D eigenvalue weighted by atomic mass is 10.1. The molecule has 0 fully saturated rings. The van der Waals surface area contributed by atoms with Gasteiger partial charge in [-0.05, 0) is 51.5 Å². The van der Waals surface area contributed by atoms with Crippen LogP contribution in [0.4, 0.5) is 16.2 Å². The van der Waals surface area contributed by atoms with Crippen molar-refractivity contribution in [2.75, 3.05) is 54.7 Å². The number of aryl methyl sites for hydroxylation is 1. The third-order valence-electron chi connectivity index (χ3n) is 4.21. The summed E-state index contributed by atoms with van der Waals surface area (Å²) in [6.45, 7) is 9.19. The van der Waals surface area contributed by atoms with Crippen LogP contribution in [0.1, 0.15) is 26.3 Å². The van der Waals surface area contributed by atoms with Crippen molar-refractivity contribution in [1.82, 2.24) is 0 Å². The minimum Gasteiger partial charge on any atom is -0.465 e. The number of amides is 1. The number of hydrogen-bond donors (Lipinski definition) is 0. The molecule has 28 heavy (non-hydrogen) atoms. The van der Waals surface area contributed by atoms with Crippen LogP contribution in [-0.4, -0.2) is 65.3 Å². The van der Waals surface area contributed by atoms with Gasteiger partial charge in [0.25, 0.3) is 0 Å². The Kier molecular flexibility index (Phi) is 9.24. The molecule has 0 radical (unpaired) electrons. The fourth-order valence-electron chi connectivity index (χ4n) is 2.71. The minimum atomic E-state index is -3.69. The summed E-state index contributed by atoms with van der Waals surface area (Å²) in [6.07, 6.45) is -0.662. The smallest absolute Gasteiger partial charge is 0.414 e. The first-order valence-electron chi connectivity index (χ1n) is 9.27. The second kappa shape index (κ2) is 10.9. The van der Waals surface area contributed by atoms with E-state index in [9.17, 15) is 18.0 Å². The molecule has 1 aromatic rings. The van der Waals surface area contributed by atoms with Crippen molar-refractivity contribution in [3.05, 3.63) is 23.8 Å². The molecule has 0 spiro atoms. The highest BCUT2D eigenvalue weighted by Crippen LogP contribution is 2.25. The molecule has 0 atom stereocenters. The van der Waals surface area contributed by atoms with Crippen LogP contribution in [0.3, 0.4) is 0 Å². The number of hydrogen-bond acceptors (Lipinski definition) is 7. The van der Waals surface area contributed by atoms with Crippen LogP contribution in [0.5, 0.6) is 0 Å². The van der Waals surface area contributed by atoms with Gasteiger partial charge in [-0.25, -0.2) is 13.2 Å². The van der Waals surface area contributed by atoms with Crippen LogP contribution in [0.15, 0.2) is 18.2 Å². The molecule has 1 rings (SSSR count). The van der Waals surface area contributed by atoms with E-state index in [0.29, 0.717) is 5.69 Å². The van der Waals surface area contributed by atoms with E-state index in [-0.39, 0.29) is 13.2 Å². The fraction of sp³-hybridized carbons (Fsp3) is 0.579. The van der Waals surface area contributed by atoms with E-state index in [1.165, 1.54) is 4.90 Å². The van der Waals surface area contributed by atoms with E-state index in [0.717, 1.165) is 24.3 Å². The van der Waals surface area contributed by atoms with Crippen molar-refractivity contribution in [3.63, 3.8) is 0 Å². The maximum atomic E-state index is 12.2. The summed E-state index contributed by atoms with van der Waals surface area (Å²) in [5.41, 5.74) is 2.65. The first-order chi connectivity index (χ1) is 13.1. The highest BCUT2D eigenvalue weighted by Gasteiger charge is 2.20. The molecule has 8 nitrogen and oxygen atoms in total. The van der Waals surface area contributed by atoms with Crippen LogP contribution in [-0.2, 0) is 24.1 Å². The molecular weight excluding hydrogens is 384 g/mol. The Hall–Kier alpha value is -2.29. The van der Waals surface area contributed by atoms with Crippen molar-refractivity contribution in [2.45, 2.75) is 27.7 Å². The second-order valence-corrected chi connectivity index (χ2v) is 8.40. The highest BCUT2D eigenvalue weighted by atomic mass is 32.2. The van der Waals surface area contributed by atoms with Gasteiger partial charge in [-0.3, -0.25) is 9.69 Å². The average Bonchev–Trinajstić information content (AvgIpc) is 2.61. The molecular formula is C19H30N2O6S. The molecule has 0 bridgehead atoms. The van der Waals surface area contributed by atoms with E-state index >= 15 is 0 Å². The maximum absolute atomic E-state index is 12.2. The Bertz CT molecular complexity index is 775. The molecule has 0 aliphatic rings. The third-order valence-corrected chi connectivity index (χ3v) is 5.67.